The van der Waals surface area contributed by atoms with Crippen molar-refractivity contribution in [1.82, 2.24) is 16.0 Å². The molecule has 3 N–H and O–H groups in total. The number of amides is 2. The molecule has 0 aromatic carbocycles. The molecule has 0 spiro atoms. The van der Waals surface area contributed by atoms with E-state index in [1.807, 2.05) is 20.8 Å². The molecular formula is C13H25N3O4S. The summed E-state index contributed by atoms with van der Waals surface area (Å²) in [5.41, 5.74) is -0.366. The van der Waals surface area contributed by atoms with Crippen molar-refractivity contribution >= 4 is 21.7 Å². The van der Waals surface area contributed by atoms with Gasteiger partial charge in [0, 0.05) is 24.5 Å². The van der Waals surface area contributed by atoms with Crippen molar-refractivity contribution in [2.75, 3.05) is 18.1 Å². The van der Waals surface area contributed by atoms with Gasteiger partial charge in [0.25, 0.3) is 0 Å². The predicted octanol–water partition coefficient (Wildman–Crippen LogP) is -0.817. The molecule has 0 bridgehead atoms. The number of rotatable bonds is 4. The van der Waals surface area contributed by atoms with Crippen molar-refractivity contribution in [3.8, 4) is 0 Å². The molecule has 122 valence electrons. The fourth-order valence-electron chi connectivity index (χ4n) is 2.07. The van der Waals surface area contributed by atoms with E-state index in [1.165, 1.54) is 0 Å². The summed E-state index contributed by atoms with van der Waals surface area (Å²) < 4.78 is 23.0. The summed E-state index contributed by atoms with van der Waals surface area (Å²) in [6.45, 7) is 7.53. The summed E-state index contributed by atoms with van der Waals surface area (Å²) in [6, 6.07) is -1.04. The minimum absolute atomic E-state index is 0.0387. The van der Waals surface area contributed by atoms with E-state index in [-0.39, 0.29) is 41.3 Å². The van der Waals surface area contributed by atoms with Crippen LogP contribution in [0.1, 0.15) is 34.1 Å². The first-order chi connectivity index (χ1) is 9.48. The van der Waals surface area contributed by atoms with Crippen LogP contribution in [0.4, 0.5) is 0 Å². The molecular weight excluding hydrogens is 294 g/mol. The average Bonchev–Trinajstić information content (AvgIpc) is 2.24. The van der Waals surface area contributed by atoms with Gasteiger partial charge in [-0.1, -0.05) is 0 Å². The van der Waals surface area contributed by atoms with Gasteiger partial charge in [-0.2, -0.15) is 0 Å². The summed E-state index contributed by atoms with van der Waals surface area (Å²) in [7, 11) is -3.07. The maximum atomic E-state index is 11.9. The van der Waals surface area contributed by atoms with Crippen molar-refractivity contribution in [3.63, 3.8) is 0 Å². The highest BCUT2D eigenvalue weighted by atomic mass is 32.2. The highest BCUT2D eigenvalue weighted by Gasteiger charge is 2.27. The van der Waals surface area contributed by atoms with Crippen LogP contribution in [-0.2, 0) is 19.4 Å². The molecule has 0 aromatic rings. The van der Waals surface area contributed by atoms with Gasteiger partial charge in [0.2, 0.25) is 11.8 Å². The molecule has 8 heteroatoms. The summed E-state index contributed by atoms with van der Waals surface area (Å²) >= 11 is 0. The standard InChI is InChI=1S/C13H25N3O4S/c1-9(12(18)16-13(2,3)4)15-11(17)7-10-8-21(19,20)6-5-14-10/h9-10,14H,5-8H2,1-4H3,(H,15,17)(H,16,18). The number of carbonyl (C=O) groups is 2. The van der Waals surface area contributed by atoms with Crippen molar-refractivity contribution in [2.45, 2.75) is 51.7 Å². The van der Waals surface area contributed by atoms with Crippen LogP contribution < -0.4 is 16.0 Å². The zero-order valence-corrected chi connectivity index (χ0v) is 13.8. The second-order valence-electron chi connectivity index (χ2n) is 6.50. The third-order valence-electron chi connectivity index (χ3n) is 3.00. The monoisotopic (exact) mass is 319 g/mol. The van der Waals surface area contributed by atoms with Gasteiger partial charge in [0.1, 0.15) is 6.04 Å². The largest absolute Gasteiger partial charge is 0.350 e. The smallest absolute Gasteiger partial charge is 0.242 e. The number of carbonyl (C=O) groups excluding carboxylic acids is 2. The Morgan fingerprint density at radius 1 is 1.33 bits per heavy atom. The van der Waals surface area contributed by atoms with Gasteiger partial charge >= 0.3 is 0 Å². The molecule has 1 saturated heterocycles. The van der Waals surface area contributed by atoms with Gasteiger partial charge in [-0.3, -0.25) is 9.59 Å². The Kier molecular flexibility index (Phi) is 5.75. The number of sulfone groups is 1. The second-order valence-corrected chi connectivity index (χ2v) is 8.73. The normalized spacial score (nSPS) is 23.1. The van der Waals surface area contributed by atoms with Gasteiger partial charge in [0.05, 0.1) is 11.5 Å². The molecule has 2 atom stereocenters. The Hall–Kier alpha value is -1.15. The first-order valence-electron chi connectivity index (χ1n) is 7.04. The Bertz CT molecular complexity index is 496. The van der Waals surface area contributed by atoms with E-state index >= 15 is 0 Å². The quantitative estimate of drug-likeness (QED) is 0.628. The lowest BCUT2D eigenvalue weighted by Crippen LogP contribution is -2.52. The first kappa shape index (κ1) is 17.9. The van der Waals surface area contributed by atoms with E-state index in [9.17, 15) is 18.0 Å². The lowest BCUT2D eigenvalue weighted by Gasteiger charge is -2.25. The summed E-state index contributed by atoms with van der Waals surface area (Å²) in [5.74, 6) is -0.528. The van der Waals surface area contributed by atoms with E-state index in [0.717, 1.165) is 0 Å². The average molecular weight is 319 g/mol. The van der Waals surface area contributed by atoms with Crippen LogP contribution in [0.2, 0.25) is 0 Å². The Labute approximate surface area is 126 Å². The van der Waals surface area contributed by atoms with Gasteiger partial charge in [0.15, 0.2) is 9.84 Å². The van der Waals surface area contributed by atoms with Crippen LogP contribution in [0.25, 0.3) is 0 Å². The van der Waals surface area contributed by atoms with Crippen LogP contribution >= 0.6 is 0 Å². The highest BCUT2D eigenvalue weighted by molar-refractivity contribution is 7.91. The lowest BCUT2D eigenvalue weighted by molar-refractivity contribution is -0.129. The van der Waals surface area contributed by atoms with Crippen LogP contribution in [0.5, 0.6) is 0 Å². The molecule has 2 unspecified atom stereocenters. The van der Waals surface area contributed by atoms with E-state index in [1.54, 1.807) is 6.92 Å². The minimum atomic E-state index is -3.07. The van der Waals surface area contributed by atoms with E-state index in [0.29, 0.717) is 6.54 Å². The van der Waals surface area contributed by atoms with Crippen molar-refractivity contribution in [3.05, 3.63) is 0 Å². The van der Waals surface area contributed by atoms with Crippen molar-refractivity contribution in [2.24, 2.45) is 0 Å². The van der Waals surface area contributed by atoms with Crippen LogP contribution in [0.15, 0.2) is 0 Å². The van der Waals surface area contributed by atoms with Gasteiger partial charge in [-0.05, 0) is 27.7 Å². The molecule has 1 fully saturated rings. The summed E-state index contributed by atoms with van der Waals surface area (Å²) in [4.78, 5) is 23.7. The fraction of sp³-hybridized carbons (Fsp3) is 0.846. The topological polar surface area (TPSA) is 104 Å². The van der Waals surface area contributed by atoms with E-state index in [2.05, 4.69) is 16.0 Å². The zero-order chi connectivity index (χ0) is 16.3. The molecule has 1 aliphatic heterocycles. The van der Waals surface area contributed by atoms with Gasteiger partial charge in [-0.25, -0.2) is 8.42 Å². The van der Waals surface area contributed by atoms with Crippen molar-refractivity contribution in [1.29, 1.82) is 0 Å². The summed E-state index contributed by atoms with van der Waals surface area (Å²) in [6.07, 6.45) is 0.0480. The second kappa shape index (κ2) is 6.74. The van der Waals surface area contributed by atoms with Gasteiger partial charge in [-0.15, -0.1) is 0 Å². The molecule has 0 aliphatic carbocycles. The Morgan fingerprint density at radius 2 is 1.95 bits per heavy atom. The van der Waals surface area contributed by atoms with Crippen molar-refractivity contribution < 1.29 is 18.0 Å². The maximum Gasteiger partial charge on any atom is 0.242 e. The third kappa shape index (κ3) is 6.90. The molecule has 0 aromatic heterocycles. The molecule has 0 saturated carbocycles. The van der Waals surface area contributed by atoms with Gasteiger partial charge < -0.3 is 16.0 Å². The summed E-state index contributed by atoms with van der Waals surface area (Å²) in [5, 5.41) is 8.37. The Morgan fingerprint density at radius 3 is 2.48 bits per heavy atom. The highest BCUT2D eigenvalue weighted by Crippen LogP contribution is 2.05. The lowest BCUT2D eigenvalue weighted by atomic mass is 10.1. The molecule has 0 radical (unpaired) electrons. The Balaban J connectivity index is 2.44. The molecule has 21 heavy (non-hydrogen) atoms. The fourth-order valence-corrected chi connectivity index (χ4v) is 3.51. The third-order valence-corrected chi connectivity index (χ3v) is 4.74. The predicted molar refractivity (Wildman–Crippen MR) is 80.6 cm³/mol. The van der Waals surface area contributed by atoms with E-state index in [4.69, 9.17) is 0 Å². The molecule has 1 rings (SSSR count). The number of hydrogen-bond acceptors (Lipinski definition) is 5. The first-order valence-corrected chi connectivity index (χ1v) is 8.86. The zero-order valence-electron chi connectivity index (χ0n) is 13.0. The molecule has 1 aliphatic rings. The molecule has 2 amide bonds. The van der Waals surface area contributed by atoms with Crippen LogP contribution in [0.3, 0.4) is 0 Å². The number of hydrogen-bond donors (Lipinski definition) is 3. The molecule has 1 heterocycles. The van der Waals surface area contributed by atoms with Crippen LogP contribution in [0, 0.1) is 0 Å². The van der Waals surface area contributed by atoms with Crippen LogP contribution in [-0.4, -0.2) is 55.9 Å². The SMILES string of the molecule is CC(NC(=O)CC1CS(=O)(=O)CCN1)C(=O)NC(C)(C)C. The maximum absolute atomic E-state index is 11.9. The molecule has 7 nitrogen and oxygen atoms in total. The number of nitrogens with one attached hydrogen (secondary N) is 3. The minimum Gasteiger partial charge on any atom is -0.350 e. The van der Waals surface area contributed by atoms with E-state index < -0.39 is 15.9 Å².